The number of carbonyl (C=O) groups excluding carboxylic acids is 1. The zero-order chi connectivity index (χ0) is 19.7. The molecule has 0 aliphatic heterocycles. The van der Waals surface area contributed by atoms with Gasteiger partial charge >= 0.3 is 0 Å². The number of ether oxygens (including phenoxy) is 1. The molecule has 1 saturated carbocycles. The maximum Gasteiger partial charge on any atom is 0.266 e. The van der Waals surface area contributed by atoms with Crippen LogP contribution in [0.1, 0.15) is 25.7 Å². The minimum Gasteiger partial charge on any atom is -0.495 e. The molecule has 1 atom stereocenters. The standard InChI is InChI=1S/C21H19ClN2O3S/c1-27-18-11-10-13(12-15(18)22)24-20(26)14-6-2-3-7-16(14)23-21(24)28-19-9-5-4-8-17(19)25/h2-3,6-7,10-12,19H,4-5,8-9H2,1H3. The van der Waals surface area contributed by atoms with Crippen LogP contribution in [0.3, 0.4) is 0 Å². The molecule has 1 fully saturated rings. The van der Waals surface area contributed by atoms with Gasteiger partial charge in [0.1, 0.15) is 11.5 Å². The molecule has 0 N–H and O–H groups in total. The van der Waals surface area contributed by atoms with Gasteiger partial charge < -0.3 is 4.74 Å². The fourth-order valence-electron chi connectivity index (χ4n) is 3.42. The molecular weight excluding hydrogens is 396 g/mol. The second kappa shape index (κ2) is 7.97. The number of nitrogens with zero attached hydrogens (tertiary/aromatic N) is 2. The highest BCUT2D eigenvalue weighted by molar-refractivity contribution is 8.00. The van der Waals surface area contributed by atoms with Crippen LogP contribution in [0, 0.1) is 0 Å². The molecule has 0 bridgehead atoms. The number of benzene rings is 2. The quantitative estimate of drug-likeness (QED) is 0.581. The van der Waals surface area contributed by atoms with E-state index in [-0.39, 0.29) is 16.6 Å². The summed E-state index contributed by atoms with van der Waals surface area (Å²) >= 11 is 7.66. The second-order valence-electron chi connectivity index (χ2n) is 6.69. The summed E-state index contributed by atoms with van der Waals surface area (Å²) in [6.07, 6.45) is 3.33. The van der Waals surface area contributed by atoms with E-state index in [2.05, 4.69) is 0 Å². The van der Waals surface area contributed by atoms with E-state index in [1.807, 2.05) is 18.2 Å². The second-order valence-corrected chi connectivity index (χ2v) is 8.27. The largest absolute Gasteiger partial charge is 0.495 e. The van der Waals surface area contributed by atoms with Gasteiger partial charge in [0.25, 0.3) is 5.56 Å². The number of fused-ring (bicyclic) bond motifs is 1. The number of Topliss-reactive ketones (excluding diaryl/α,β-unsaturated/α-hetero) is 1. The number of rotatable bonds is 4. The van der Waals surface area contributed by atoms with E-state index < -0.39 is 0 Å². The average molecular weight is 415 g/mol. The molecule has 1 aliphatic rings. The van der Waals surface area contributed by atoms with Gasteiger partial charge in [-0.05, 0) is 43.2 Å². The predicted molar refractivity (Wildman–Crippen MR) is 112 cm³/mol. The van der Waals surface area contributed by atoms with Crippen molar-refractivity contribution in [3.8, 4) is 11.4 Å². The zero-order valence-corrected chi connectivity index (χ0v) is 16.9. The number of para-hydroxylation sites is 1. The predicted octanol–water partition coefficient (Wildman–Crippen LogP) is 4.65. The lowest BCUT2D eigenvalue weighted by Gasteiger charge is -2.21. The molecule has 0 radical (unpaired) electrons. The van der Waals surface area contributed by atoms with Gasteiger partial charge in [-0.2, -0.15) is 0 Å². The highest BCUT2D eigenvalue weighted by atomic mass is 35.5. The van der Waals surface area contributed by atoms with E-state index >= 15 is 0 Å². The molecule has 1 unspecified atom stereocenters. The van der Waals surface area contributed by atoms with Crippen molar-refractivity contribution >= 4 is 40.0 Å². The first-order chi connectivity index (χ1) is 13.6. The molecule has 1 aromatic heterocycles. The SMILES string of the molecule is COc1ccc(-n2c(SC3CCCCC3=O)nc3ccccc3c2=O)cc1Cl. The molecule has 1 aliphatic carbocycles. The number of halogens is 1. The highest BCUT2D eigenvalue weighted by Crippen LogP contribution is 2.33. The number of hydrogen-bond acceptors (Lipinski definition) is 5. The van der Waals surface area contributed by atoms with Crippen molar-refractivity contribution in [1.29, 1.82) is 0 Å². The van der Waals surface area contributed by atoms with Crippen LogP contribution in [0.25, 0.3) is 16.6 Å². The van der Waals surface area contributed by atoms with Crippen molar-refractivity contribution in [3.63, 3.8) is 0 Å². The fraction of sp³-hybridized carbons (Fsp3) is 0.286. The topological polar surface area (TPSA) is 61.2 Å². The molecule has 0 saturated heterocycles. The van der Waals surface area contributed by atoms with Crippen molar-refractivity contribution in [2.24, 2.45) is 0 Å². The summed E-state index contributed by atoms with van der Waals surface area (Å²) in [5.74, 6) is 0.752. The molecule has 4 rings (SSSR count). The average Bonchev–Trinajstić information content (AvgIpc) is 2.70. The number of carbonyl (C=O) groups is 1. The van der Waals surface area contributed by atoms with Gasteiger partial charge in [0.2, 0.25) is 0 Å². The Kier molecular flexibility index (Phi) is 5.42. The molecule has 5 nitrogen and oxygen atoms in total. The Morgan fingerprint density at radius 1 is 1.18 bits per heavy atom. The fourth-order valence-corrected chi connectivity index (χ4v) is 4.90. The van der Waals surface area contributed by atoms with Crippen LogP contribution in [-0.2, 0) is 4.79 Å². The molecule has 1 heterocycles. The van der Waals surface area contributed by atoms with Gasteiger partial charge in [-0.3, -0.25) is 14.2 Å². The molecular formula is C21H19ClN2O3S. The van der Waals surface area contributed by atoms with Gasteiger partial charge in [-0.1, -0.05) is 41.9 Å². The number of methoxy groups -OCH3 is 1. The van der Waals surface area contributed by atoms with E-state index in [9.17, 15) is 9.59 Å². The third kappa shape index (κ3) is 3.54. The van der Waals surface area contributed by atoms with E-state index in [0.717, 1.165) is 19.3 Å². The Hall–Kier alpha value is -2.31. The third-order valence-electron chi connectivity index (χ3n) is 4.88. The Morgan fingerprint density at radius 3 is 2.75 bits per heavy atom. The number of aromatic nitrogens is 2. The Balaban J connectivity index is 1.89. The minimum atomic E-state index is -0.183. The van der Waals surface area contributed by atoms with Gasteiger partial charge in [0.05, 0.1) is 34.0 Å². The molecule has 0 amide bonds. The lowest BCUT2D eigenvalue weighted by Crippen LogP contribution is -2.26. The first-order valence-electron chi connectivity index (χ1n) is 9.13. The Labute approximate surface area is 171 Å². The Morgan fingerprint density at radius 2 is 2.00 bits per heavy atom. The molecule has 0 spiro atoms. The van der Waals surface area contributed by atoms with Gasteiger partial charge in [0, 0.05) is 6.42 Å². The summed E-state index contributed by atoms with van der Waals surface area (Å²) in [6, 6.07) is 12.4. The van der Waals surface area contributed by atoms with Crippen LogP contribution in [0.5, 0.6) is 5.75 Å². The van der Waals surface area contributed by atoms with Crippen molar-refractivity contribution in [2.45, 2.75) is 36.1 Å². The maximum absolute atomic E-state index is 13.3. The smallest absolute Gasteiger partial charge is 0.266 e. The maximum atomic E-state index is 13.3. The number of thioether (sulfide) groups is 1. The van der Waals surface area contributed by atoms with Gasteiger partial charge in [-0.15, -0.1) is 0 Å². The number of ketones is 1. The van der Waals surface area contributed by atoms with Crippen LogP contribution in [0.4, 0.5) is 0 Å². The van der Waals surface area contributed by atoms with Crippen LogP contribution in [0.2, 0.25) is 5.02 Å². The van der Waals surface area contributed by atoms with E-state index in [1.165, 1.54) is 11.8 Å². The summed E-state index contributed by atoms with van der Waals surface area (Å²) in [6.45, 7) is 0. The van der Waals surface area contributed by atoms with E-state index in [4.69, 9.17) is 21.3 Å². The summed E-state index contributed by atoms with van der Waals surface area (Å²) in [4.78, 5) is 30.4. The van der Waals surface area contributed by atoms with E-state index in [0.29, 0.717) is 38.9 Å². The lowest BCUT2D eigenvalue weighted by molar-refractivity contribution is -0.119. The molecule has 28 heavy (non-hydrogen) atoms. The normalized spacial score (nSPS) is 17.1. The van der Waals surface area contributed by atoms with Crippen LogP contribution >= 0.6 is 23.4 Å². The minimum absolute atomic E-state index is 0.179. The van der Waals surface area contributed by atoms with Crippen LogP contribution < -0.4 is 10.3 Å². The number of hydrogen-bond donors (Lipinski definition) is 0. The van der Waals surface area contributed by atoms with Crippen molar-refractivity contribution in [1.82, 2.24) is 9.55 Å². The monoisotopic (exact) mass is 414 g/mol. The highest BCUT2D eigenvalue weighted by Gasteiger charge is 2.26. The molecule has 144 valence electrons. The first-order valence-corrected chi connectivity index (χ1v) is 10.4. The summed E-state index contributed by atoms with van der Waals surface area (Å²) < 4.78 is 6.76. The first kappa shape index (κ1) is 19.0. The Bertz CT molecular complexity index is 1110. The van der Waals surface area contributed by atoms with Crippen LogP contribution in [0.15, 0.2) is 52.4 Å². The van der Waals surface area contributed by atoms with Crippen molar-refractivity contribution in [3.05, 3.63) is 57.8 Å². The lowest BCUT2D eigenvalue weighted by atomic mass is 9.99. The molecule has 7 heteroatoms. The van der Waals surface area contributed by atoms with Crippen molar-refractivity contribution in [2.75, 3.05) is 7.11 Å². The third-order valence-corrected chi connectivity index (χ3v) is 6.45. The zero-order valence-electron chi connectivity index (χ0n) is 15.4. The summed E-state index contributed by atoms with van der Waals surface area (Å²) in [7, 11) is 1.54. The molecule has 3 aromatic rings. The molecule has 2 aromatic carbocycles. The van der Waals surface area contributed by atoms with Crippen LogP contribution in [-0.4, -0.2) is 27.7 Å². The summed E-state index contributed by atoms with van der Waals surface area (Å²) in [5, 5.41) is 1.26. The van der Waals surface area contributed by atoms with Crippen molar-refractivity contribution < 1.29 is 9.53 Å². The van der Waals surface area contributed by atoms with Gasteiger partial charge in [0.15, 0.2) is 5.16 Å². The summed E-state index contributed by atoms with van der Waals surface area (Å²) in [5.41, 5.74) is 1.03. The van der Waals surface area contributed by atoms with Gasteiger partial charge in [-0.25, -0.2) is 4.98 Å². The van der Waals surface area contributed by atoms with E-state index in [1.54, 1.807) is 35.9 Å².